The van der Waals surface area contributed by atoms with E-state index in [9.17, 15) is 0 Å². The molecule has 0 aliphatic heterocycles. The molecule has 1 unspecified atom stereocenters. The first-order chi connectivity index (χ1) is 8.22. The van der Waals surface area contributed by atoms with Crippen molar-refractivity contribution in [3.8, 4) is 0 Å². The molecule has 0 fully saturated rings. The van der Waals surface area contributed by atoms with E-state index in [0.717, 1.165) is 30.8 Å². The van der Waals surface area contributed by atoms with Gasteiger partial charge in [-0.3, -0.25) is 0 Å². The van der Waals surface area contributed by atoms with Gasteiger partial charge in [-0.25, -0.2) is 4.98 Å². The summed E-state index contributed by atoms with van der Waals surface area (Å²) in [5.41, 5.74) is 8.42. The van der Waals surface area contributed by atoms with Crippen molar-refractivity contribution in [3.05, 3.63) is 17.2 Å². The maximum Gasteiger partial charge on any atom is 0.135 e. The molecular formula is C12H21N3O2. The van der Waals surface area contributed by atoms with Gasteiger partial charge in [-0.1, -0.05) is 0 Å². The van der Waals surface area contributed by atoms with Crippen LogP contribution in [0, 0.1) is 0 Å². The zero-order valence-electron chi connectivity index (χ0n) is 10.6. The number of rotatable bonds is 5. The molecule has 2 rings (SSSR count). The standard InChI is InChI=1S/C12H21N3O2/c1-15-11-4-3-9(13)7-10(11)14-12(15)8-17-6-5-16-2/h9H,3-8,13H2,1-2H3. The average Bonchev–Trinajstić information content (AvgIpc) is 2.61. The van der Waals surface area contributed by atoms with E-state index in [4.69, 9.17) is 15.2 Å². The first-order valence-corrected chi connectivity index (χ1v) is 6.08. The number of methoxy groups -OCH3 is 1. The van der Waals surface area contributed by atoms with Crippen molar-refractivity contribution in [2.75, 3.05) is 20.3 Å². The lowest BCUT2D eigenvalue weighted by Crippen LogP contribution is -2.28. The Hall–Kier alpha value is -0.910. The van der Waals surface area contributed by atoms with E-state index >= 15 is 0 Å². The number of nitrogens with zero attached hydrogens (tertiary/aromatic N) is 2. The third-order valence-corrected chi connectivity index (χ3v) is 3.26. The number of aromatic nitrogens is 2. The molecule has 1 atom stereocenters. The highest BCUT2D eigenvalue weighted by Crippen LogP contribution is 2.21. The van der Waals surface area contributed by atoms with Gasteiger partial charge in [0.1, 0.15) is 12.4 Å². The minimum atomic E-state index is 0.264. The highest BCUT2D eigenvalue weighted by atomic mass is 16.5. The van der Waals surface area contributed by atoms with Gasteiger partial charge >= 0.3 is 0 Å². The van der Waals surface area contributed by atoms with Gasteiger partial charge in [0, 0.05) is 32.3 Å². The predicted octanol–water partition coefficient (Wildman–Crippen LogP) is 0.399. The maximum absolute atomic E-state index is 5.95. The van der Waals surface area contributed by atoms with E-state index in [2.05, 4.69) is 16.6 Å². The van der Waals surface area contributed by atoms with Gasteiger partial charge in [0.25, 0.3) is 0 Å². The van der Waals surface area contributed by atoms with Gasteiger partial charge in [0.05, 0.1) is 18.9 Å². The molecule has 1 heterocycles. The minimum Gasteiger partial charge on any atom is -0.382 e. The number of hydrogen-bond donors (Lipinski definition) is 1. The molecule has 1 aromatic rings. The fraction of sp³-hybridized carbons (Fsp3) is 0.750. The Morgan fingerprint density at radius 3 is 3.06 bits per heavy atom. The zero-order chi connectivity index (χ0) is 12.3. The number of nitrogens with two attached hydrogens (primary N) is 1. The van der Waals surface area contributed by atoms with Gasteiger partial charge in [-0.2, -0.15) is 0 Å². The second-order valence-electron chi connectivity index (χ2n) is 4.53. The molecule has 5 heteroatoms. The molecule has 1 aromatic heterocycles. The van der Waals surface area contributed by atoms with Gasteiger partial charge in [-0.15, -0.1) is 0 Å². The van der Waals surface area contributed by atoms with Gasteiger partial charge in [0.2, 0.25) is 0 Å². The van der Waals surface area contributed by atoms with E-state index in [1.54, 1.807) is 7.11 Å². The van der Waals surface area contributed by atoms with Crippen LogP contribution in [-0.2, 0) is 36.0 Å². The molecule has 1 aliphatic rings. The molecule has 1 aliphatic carbocycles. The third kappa shape index (κ3) is 2.86. The maximum atomic E-state index is 5.95. The summed E-state index contributed by atoms with van der Waals surface area (Å²) in [6.07, 6.45) is 2.97. The summed E-state index contributed by atoms with van der Waals surface area (Å²) in [7, 11) is 3.72. The number of fused-ring (bicyclic) bond motifs is 1. The Labute approximate surface area is 102 Å². The summed E-state index contributed by atoms with van der Waals surface area (Å²) in [6.45, 7) is 1.77. The van der Waals surface area contributed by atoms with E-state index in [1.165, 1.54) is 5.69 Å². The smallest absolute Gasteiger partial charge is 0.135 e. The Balaban J connectivity index is 1.99. The highest BCUT2D eigenvalue weighted by molar-refractivity contribution is 5.21. The quantitative estimate of drug-likeness (QED) is 0.755. The fourth-order valence-corrected chi connectivity index (χ4v) is 2.23. The Bertz CT molecular complexity index is 376. The second-order valence-corrected chi connectivity index (χ2v) is 4.53. The molecule has 0 aromatic carbocycles. The van der Waals surface area contributed by atoms with Crippen molar-refractivity contribution in [1.29, 1.82) is 0 Å². The van der Waals surface area contributed by atoms with Crippen LogP contribution in [0.2, 0.25) is 0 Å². The molecule has 96 valence electrons. The van der Waals surface area contributed by atoms with Gasteiger partial charge in [-0.05, 0) is 12.8 Å². The molecule has 0 bridgehead atoms. The average molecular weight is 239 g/mol. The molecule has 0 radical (unpaired) electrons. The monoisotopic (exact) mass is 239 g/mol. The SMILES string of the molecule is COCCOCc1nc2c(n1C)CCC(N)C2. The van der Waals surface area contributed by atoms with E-state index in [-0.39, 0.29) is 6.04 Å². The predicted molar refractivity (Wildman–Crippen MR) is 64.7 cm³/mol. The number of ether oxygens (including phenoxy) is 2. The lowest BCUT2D eigenvalue weighted by molar-refractivity contribution is 0.0576. The molecule has 0 saturated carbocycles. The van der Waals surface area contributed by atoms with Crippen LogP contribution in [0.4, 0.5) is 0 Å². The summed E-state index contributed by atoms with van der Waals surface area (Å²) in [5.74, 6) is 0.986. The summed E-state index contributed by atoms with van der Waals surface area (Å²) < 4.78 is 12.6. The lowest BCUT2D eigenvalue weighted by atomic mass is 9.97. The van der Waals surface area contributed by atoms with Gasteiger partial charge < -0.3 is 19.8 Å². The van der Waals surface area contributed by atoms with Crippen LogP contribution in [0.25, 0.3) is 0 Å². The van der Waals surface area contributed by atoms with Crippen molar-refractivity contribution < 1.29 is 9.47 Å². The van der Waals surface area contributed by atoms with Crippen molar-refractivity contribution in [2.45, 2.75) is 31.9 Å². The van der Waals surface area contributed by atoms with Crippen molar-refractivity contribution >= 4 is 0 Å². The van der Waals surface area contributed by atoms with Crippen LogP contribution in [0.3, 0.4) is 0 Å². The molecule has 17 heavy (non-hydrogen) atoms. The topological polar surface area (TPSA) is 62.3 Å². The molecule has 2 N–H and O–H groups in total. The Kier molecular flexibility index (Phi) is 4.15. The van der Waals surface area contributed by atoms with Crippen molar-refractivity contribution in [2.24, 2.45) is 12.8 Å². The Morgan fingerprint density at radius 1 is 1.47 bits per heavy atom. The van der Waals surface area contributed by atoms with Crippen molar-refractivity contribution in [1.82, 2.24) is 9.55 Å². The minimum absolute atomic E-state index is 0.264. The molecular weight excluding hydrogens is 218 g/mol. The summed E-state index contributed by atoms with van der Waals surface area (Å²) in [5, 5.41) is 0. The first kappa shape index (κ1) is 12.5. The van der Waals surface area contributed by atoms with Gasteiger partial charge in [0.15, 0.2) is 0 Å². The molecule has 5 nitrogen and oxygen atoms in total. The fourth-order valence-electron chi connectivity index (χ4n) is 2.23. The largest absolute Gasteiger partial charge is 0.382 e. The van der Waals surface area contributed by atoms with E-state index in [1.807, 2.05) is 0 Å². The van der Waals surface area contributed by atoms with Crippen LogP contribution < -0.4 is 5.73 Å². The van der Waals surface area contributed by atoms with Crippen LogP contribution in [-0.4, -0.2) is 35.9 Å². The van der Waals surface area contributed by atoms with Crippen LogP contribution >= 0.6 is 0 Å². The van der Waals surface area contributed by atoms with E-state index in [0.29, 0.717) is 19.8 Å². The summed E-state index contributed by atoms with van der Waals surface area (Å²) in [4.78, 5) is 4.62. The molecule has 0 amide bonds. The Morgan fingerprint density at radius 2 is 2.29 bits per heavy atom. The second kappa shape index (κ2) is 5.62. The van der Waals surface area contributed by atoms with Crippen molar-refractivity contribution in [3.63, 3.8) is 0 Å². The summed E-state index contributed by atoms with van der Waals surface area (Å²) in [6, 6.07) is 0.264. The first-order valence-electron chi connectivity index (χ1n) is 6.08. The number of hydrogen-bond acceptors (Lipinski definition) is 4. The molecule has 0 saturated heterocycles. The summed E-state index contributed by atoms with van der Waals surface area (Å²) >= 11 is 0. The lowest BCUT2D eigenvalue weighted by Gasteiger charge is -2.17. The highest BCUT2D eigenvalue weighted by Gasteiger charge is 2.21. The van der Waals surface area contributed by atoms with E-state index < -0.39 is 0 Å². The van der Waals surface area contributed by atoms with Crippen LogP contribution in [0.15, 0.2) is 0 Å². The van der Waals surface area contributed by atoms with Crippen LogP contribution in [0.1, 0.15) is 23.6 Å². The van der Waals surface area contributed by atoms with Crippen LogP contribution in [0.5, 0.6) is 0 Å². The number of imidazole rings is 1. The normalized spacial score (nSPS) is 19.4. The zero-order valence-corrected chi connectivity index (χ0v) is 10.6. The third-order valence-electron chi connectivity index (χ3n) is 3.26. The molecule has 0 spiro atoms.